The van der Waals surface area contributed by atoms with Crippen LogP contribution in [-0.4, -0.2) is 35.7 Å². The quantitative estimate of drug-likeness (QED) is 0.702. The van der Waals surface area contributed by atoms with Crippen LogP contribution in [0.25, 0.3) is 0 Å². The highest BCUT2D eigenvalue weighted by molar-refractivity contribution is 6.01. The van der Waals surface area contributed by atoms with E-state index in [1.54, 1.807) is 0 Å². The number of rotatable bonds is 5. The van der Waals surface area contributed by atoms with Crippen molar-refractivity contribution >= 4 is 11.9 Å². The number of aliphatic carboxylic acids is 1. The summed E-state index contributed by atoms with van der Waals surface area (Å²) in [6.07, 6.45) is 3.88. The van der Waals surface area contributed by atoms with E-state index in [2.05, 4.69) is 5.32 Å². The zero-order valence-electron chi connectivity index (χ0n) is 10.1. The van der Waals surface area contributed by atoms with Gasteiger partial charge in [0.1, 0.15) is 5.41 Å². The largest absolute Gasteiger partial charge is 0.480 e. The third-order valence-corrected chi connectivity index (χ3v) is 3.55. The van der Waals surface area contributed by atoms with Crippen LogP contribution in [-0.2, 0) is 14.3 Å². The lowest BCUT2D eigenvalue weighted by Gasteiger charge is -2.26. The first-order chi connectivity index (χ1) is 8.02. The van der Waals surface area contributed by atoms with Crippen molar-refractivity contribution in [3.63, 3.8) is 0 Å². The van der Waals surface area contributed by atoms with Crippen molar-refractivity contribution in [2.45, 2.75) is 51.2 Å². The SMILES string of the molecule is CC(CC1CCCO1)(C(=O)O)C(=O)NC1CC1. The topological polar surface area (TPSA) is 75.6 Å². The van der Waals surface area contributed by atoms with Gasteiger partial charge in [0, 0.05) is 12.6 Å². The minimum absolute atomic E-state index is 0.0962. The summed E-state index contributed by atoms with van der Waals surface area (Å²) < 4.78 is 5.43. The van der Waals surface area contributed by atoms with Gasteiger partial charge in [-0.25, -0.2) is 0 Å². The highest BCUT2D eigenvalue weighted by atomic mass is 16.5. The number of ether oxygens (including phenoxy) is 1. The van der Waals surface area contributed by atoms with Crippen LogP contribution < -0.4 is 5.32 Å². The van der Waals surface area contributed by atoms with Crippen LogP contribution in [0.15, 0.2) is 0 Å². The van der Waals surface area contributed by atoms with E-state index in [-0.39, 0.29) is 24.5 Å². The fourth-order valence-corrected chi connectivity index (χ4v) is 2.11. The minimum atomic E-state index is -1.36. The van der Waals surface area contributed by atoms with Gasteiger partial charge >= 0.3 is 5.97 Å². The van der Waals surface area contributed by atoms with Crippen molar-refractivity contribution in [3.05, 3.63) is 0 Å². The van der Waals surface area contributed by atoms with E-state index >= 15 is 0 Å². The number of carbonyl (C=O) groups is 2. The maximum absolute atomic E-state index is 12.0. The number of carboxylic acids is 1. The fraction of sp³-hybridized carbons (Fsp3) is 0.833. The molecule has 5 nitrogen and oxygen atoms in total. The lowest BCUT2D eigenvalue weighted by molar-refractivity contribution is -0.157. The molecule has 2 fully saturated rings. The summed E-state index contributed by atoms with van der Waals surface area (Å²) in [5, 5.41) is 12.1. The standard InChI is InChI=1S/C12H19NO4/c1-12(11(15)16,7-9-3-2-6-17-9)10(14)13-8-4-5-8/h8-9H,2-7H2,1H3,(H,13,14)(H,15,16). The monoisotopic (exact) mass is 241 g/mol. The third-order valence-electron chi connectivity index (χ3n) is 3.55. The lowest BCUT2D eigenvalue weighted by atomic mass is 9.82. The first kappa shape index (κ1) is 12.4. The van der Waals surface area contributed by atoms with E-state index in [0.29, 0.717) is 6.61 Å². The van der Waals surface area contributed by atoms with Crippen LogP contribution in [0.3, 0.4) is 0 Å². The van der Waals surface area contributed by atoms with Gasteiger partial charge in [-0.1, -0.05) is 0 Å². The Morgan fingerprint density at radius 1 is 1.41 bits per heavy atom. The molecule has 1 heterocycles. The summed E-state index contributed by atoms with van der Waals surface area (Å²) in [6, 6.07) is 0.186. The summed E-state index contributed by atoms with van der Waals surface area (Å²) >= 11 is 0. The number of nitrogens with one attached hydrogen (secondary N) is 1. The van der Waals surface area contributed by atoms with Gasteiger partial charge in [0.05, 0.1) is 6.10 Å². The molecule has 96 valence electrons. The van der Waals surface area contributed by atoms with Gasteiger partial charge in [-0.3, -0.25) is 9.59 Å². The molecule has 1 amide bonds. The van der Waals surface area contributed by atoms with Crippen LogP contribution in [0.4, 0.5) is 0 Å². The molecule has 17 heavy (non-hydrogen) atoms. The zero-order chi connectivity index (χ0) is 12.5. The molecule has 1 aliphatic heterocycles. The average Bonchev–Trinajstić information content (AvgIpc) is 2.93. The van der Waals surface area contributed by atoms with Gasteiger partial charge in [-0.2, -0.15) is 0 Å². The highest BCUT2D eigenvalue weighted by Gasteiger charge is 2.45. The summed E-state index contributed by atoms with van der Waals surface area (Å²) in [5.41, 5.74) is -1.36. The minimum Gasteiger partial charge on any atom is -0.480 e. The molecule has 2 atom stereocenters. The summed E-state index contributed by atoms with van der Waals surface area (Å²) in [5.74, 6) is -1.44. The van der Waals surface area contributed by atoms with Crippen LogP contribution in [0.2, 0.25) is 0 Å². The number of carboxylic acid groups (broad SMARTS) is 1. The molecule has 1 aliphatic carbocycles. The van der Waals surface area contributed by atoms with E-state index in [1.165, 1.54) is 6.92 Å². The van der Waals surface area contributed by atoms with Crippen molar-refractivity contribution in [1.82, 2.24) is 5.32 Å². The molecular formula is C12H19NO4. The van der Waals surface area contributed by atoms with Crippen LogP contribution in [0.5, 0.6) is 0 Å². The first-order valence-corrected chi connectivity index (χ1v) is 6.18. The number of amides is 1. The Morgan fingerprint density at radius 2 is 2.12 bits per heavy atom. The molecule has 2 unspecified atom stereocenters. The van der Waals surface area contributed by atoms with Crippen molar-refractivity contribution < 1.29 is 19.4 Å². The van der Waals surface area contributed by atoms with Gasteiger partial charge in [-0.05, 0) is 39.0 Å². The zero-order valence-corrected chi connectivity index (χ0v) is 10.1. The smallest absolute Gasteiger partial charge is 0.319 e. The van der Waals surface area contributed by atoms with Gasteiger partial charge in [0.2, 0.25) is 5.91 Å². The van der Waals surface area contributed by atoms with Crippen molar-refractivity contribution in [1.29, 1.82) is 0 Å². The Balaban J connectivity index is 2.00. The molecule has 0 aromatic rings. The molecular weight excluding hydrogens is 222 g/mol. The fourth-order valence-electron chi connectivity index (χ4n) is 2.11. The van der Waals surface area contributed by atoms with Crippen LogP contribution >= 0.6 is 0 Å². The maximum Gasteiger partial charge on any atom is 0.319 e. The van der Waals surface area contributed by atoms with Gasteiger partial charge in [0.25, 0.3) is 0 Å². The second kappa shape index (κ2) is 4.64. The Hall–Kier alpha value is -1.10. The summed E-state index contributed by atoms with van der Waals surface area (Å²) in [7, 11) is 0. The molecule has 0 spiro atoms. The average molecular weight is 241 g/mol. The van der Waals surface area contributed by atoms with E-state index < -0.39 is 11.4 Å². The lowest BCUT2D eigenvalue weighted by Crippen LogP contribution is -2.47. The van der Waals surface area contributed by atoms with E-state index in [1.807, 2.05) is 0 Å². The molecule has 2 N–H and O–H groups in total. The number of hydrogen-bond acceptors (Lipinski definition) is 3. The van der Waals surface area contributed by atoms with Crippen molar-refractivity contribution in [3.8, 4) is 0 Å². The Labute approximate surface area is 101 Å². The van der Waals surface area contributed by atoms with E-state index in [9.17, 15) is 14.7 Å². The Morgan fingerprint density at radius 3 is 2.59 bits per heavy atom. The first-order valence-electron chi connectivity index (χ1n) is 6.18. The second-order valence-electron chi connectivity index (χ2n) is 5.22. The van der Waals surface area contributed by atoms with Crippen LogP contribution in [0, 0.1) is 5.41 Å². The second-order valence-corrected chi connectivity index (χ2v) is 5.22. The molecule has 1 saturated carbocycles. The van der Waals surface area contributed by atoms with E-state index in [4.69, 9.17) is 4.74 Å². The predicted molar refractivity (Wildman–Crippen MR) is 60.5 cm³/mol. The number of hydrogen-bond donors (Lipinski definition) is 2. The molecule has 0 aromatic carbocycles. The predicted octanol–water partition coefficient (Wildman–Crippen LogP) is 0.925. The Kier molecular flexibility index (Phi) is 3.38. The van der Waals surface area contributed by atoms with Crippen molar-refractivity contribution in [2.24, 2.45) is 5.41 Å². The van der Waals surface area contributed by atoms with Gasteiger partial charge in [0.15, 0.2) is 0 Å². The van der Waals surface area contributed by atoms with Gasteiger partial charge < -0.3 is 15.2 Å². The van der Waals surface area contributed by atoms with Crippen molar-refractivity contribution in [2.75, 3.05) is 6.61 Å². The molecule has 5 heteroatoms. The summed E-state index contributed by atoms with van der Waals surface area (Å²) in [6.45, 7) is 2.17. The van der Waals surface area contributed by atoms with E-state index in [0.717, 1.165) is 25.7 Å². The van der Waals surface area contributed by atoms with Gasteiger partial charge in [-0.15, -0.1) is 0 Å². The molecule has 2 rings (SSSR count). The molecule has 2 aliphatic rings. The highest BCUT2D eigenvalue weighted by Crippen LogP contribution is 2.31. The molecule has 1 saturated heterocycles. The normalized spacial score (nSPS) is 27.5. The molecule has 0 bridgehead atoms. The van der Waals surface area contributed by atoms with Crippen LogP contribution in [0.1, 0.15) is 39.0 Å². The molecule has 0 radical (unpaired) electrons. The third kappa shape index (κ3) is 2.77. The molecule has 0 aromatic heterocycles. The number of carbonyl (C=O) groups excluding carboxylic acids is 1. The summed E-state index contributed by atoms with van der Waals surface area (Å²) in [4.78, 5) is 23.3. The Bertz CT molecular complexity index is 320. The maximum atomic E-state index is 12.0.